The number of H-pyrrole nitrogens is 1. The van der Waals surface area contributed by atoms with E-state index in [1.807, 2.05) is 29.2 Å². The number of hydrogen-bond acceptors (Lipinski definition) is 6. The molecule has 1 aliphatic rings. The standard InChI is InChI=1S/C20H25N7O/c1-3-8-21-18-16-19(23-13-22-16)25-17(24-18)14-4-6-15(7-5-14)20(28)27-11-9-26(2)10-12-27/h4-7,13H,3,8-12H2,1-2H3,(H2,21,22,23,24,25). The predicted octanol–water partition coefficient (Wildman–Crippen LogP) is 2.23. The number of benzene rings is 1. The molecule has 1 fully saturated rings. The molecule has 0 bridgehead atoms. The maximum Gasteiger partial charge on any atom is 0.253 e. The van der Waals surface area contributed by atoms with Crippen LogP contribution in [0.25, 0.3) is 22.6 Å². The van der Waals surface area contributed by atoms with Crippen LogP contribution < -0.4 is 5.32 Å². The van der Waals surface area contributed by atoms with E-state index in [1.165, 1.54) is 0 Å². The summed E-state index contributed by atoms with van der Waals surface area (Å²) < 4.78 is 0. The summed E-state index contributed by atoms with van der Waals surface area (Å²) in [5.41, 5.74) is 2.98. The van der Waals surface area contributed by atoms with Gasteiger partial charge in [-0.05, 0) is 25.6 Å². The van der Waals surface area contributed by atoms with Gasteiger partial charge in [-0.25, -0.2) is 15.0 Å². The van der Waals surface area contributed by atoms with Crippen molar-refractivity contribution in [1.82, 2.24) is 29.7 Å². The van der Waals surface area contributed by atoms with Gasteiger partial charge in [0.15, 0.2) is 17.3 Å². The molecular formula is C20H25N7O. The maximum atomic E-state index is 12.7. The van der Waals surface area contributed by atoms with Crippen LogP contribution in [0, 0.1) is 0 Å². The van der Waals surface area contributed by atoms with E-state index >= 15 is 0 Å². The number of amides is 1. The Hall–Kier alpha value is -3.00. The lowest BCUT2D eigenvalue weighted by molar-refractivity contribution is 0.0664. The lowest BCUT2D eigenvalue weighted by atomic mass is 10.1. The summed E-state index contributed by atoms with van der Waals surface area (Å²) in [6.45, 7) is 6.28. The first-order valence-electron chi connectivity index (χ1n) is 9.69. The molecule has 0 radical (unpaired) electrons. The number of carbonyl (C=O) groups excluding carboxylic acids is 1. The van der Waals surface area contributed by atoms with Crippen LogP contribution in [-0.4, -0.2) is 75.4 Å². The van der Waals surface area contributed by atoms with Gasteiger partial charge in [0, 0.05) is 43.9 Å². The molecule has 8 heteroatoms. The van der Waals surface area contributed by atoms with Gasteiger partial charge in [-0.15, -0.1) is 0 Å². The molecule has 2 aromatic heterocycles. The van der Waals surface area contributed by atoms with E-state index in [4.69, 9.17) is 0 Å². The van der Waals surface area contributed by atoms with E-state index in [0.29, 0.717) is 17.0 Å². The SMILES string of the molecule is CCCNc1nc(-c2ccc(C(=O)N3CCN(C)CC3)cc2)nc2nc[nH]c12. The van der Waals surface area contributed by atoms with Crippen molar-refractivity contribution < 1.29 is 4.79 Å². The summed E-state index contributed by atoms with van der Waals surface area (Å²) in [6, 6.07) is 7.52. The topological polar surface area (TPSA) is 90.0 Å². The van der Waals surface area contributed by atoms with Crippen molar-refractivity contribution >= 4 is 22.9 Å². The Morgan fingerprint density at radius 3 is 2.61 bits per heavy atom. The van der Waals surface area contributed by atoms with Gasteiger partial charge in [0.25, 0.3) is 5.91 Å². The molecular weight excluding hydrogens is 354 g/mol. The lowest BCUT2D eigenvalue weighted by Gasteiger charge is -2.32. The molecule has 0 spiro atoms. The van der Waals surface area contributed by atoms with Crippen LogP contribution >= 0.6 is 0 Å². The second-order valence-electron chi connectivity index (χ2n) is 7.10. The number of nitrogens with one attached hydrogen (secondary N) is 2. The Labute approximate surface area is 164 Å². The second kappa shape index (κ2) is 7.93. The highest BCUT2D eigenvalue weighted by Gasteiger charge is 2.20. The van der Waals surface area contributed by atoms with Crippen LogP contribution in [0.1, 0.15) is 23.7 Å². The number of aromatic amines is 1. The molecule has 1 amide bonds. The zero-order valence-electron chi connectivity index (χ0n) is 16.3. The predicted molar refractivity (Wildman–Crippen MR) is 109 cm³/mol. The highest BCUT2D eigenvalue weighted by molar-refractivity contribution is 5.94. The first-order chi connectivity index (χ1) is 13.7. The fourth-order valence-electron chi connectivity index (χ4n) is 3.29. The molecule has 3 aromatic rings. The summed E-state index contributed by atoms with van der Waals surface area (Å²) in [5, 5.41) is 3.32. The van der Waals surface area contributed by atoms with Gasteiger partial charge in [0.2, 0.25) is 0 Å². The number of likely N-dealkylation sites (N-methyl/N-ethyl adjacent to an activating group) is 1. The molecule has 0 aliphatic carbocycles. The Bertz CT molecular complexity index is 958. The number of carbonyl (C=O) groups is 1. The first-order valence-corrected chi connectivity index (χ1v) is 9.69. The fraction of sp³-hybridized carbons (Fsp3) is 0.400. The number of rotatable bonds is 5. The van der Waals surface area contributed by atoms with Crippen molar-refractivity contribution in [2.45, 2.75) is 13.3 Å². The van der Waals surface area contributed by atoms with Crippen molar-refractivity contribution in [3.05, 3.63) is 36.2 Å². The van der Waals surface area contributed by atoms with E-state index in [9.17, 15) is 4.79 Å². The Morgan fingerprint density at radius 1 is 1.14 bits per heavy atom. The van der Waals surface area contributed by atoms with Crippen LogP contribution in [0.15, 0.2) is 30.6 Å². The third-order valence-electron chi connectivity index (χ3n) is 5.01. The molecule has 0 unspecified atom stereocenters. The number of fused-ring (bicyclic) bond motifs is 1. The molecule has 0 saturated carbocycles. The van der Waals surface area contributed by atoms with Crippen molar-refractivity contribution in [2.24, 2.45) is 0 Å². The van der Waals surface area contributed by atoms with E-state index < -0.39 is 0 Å². The van der Waals surface area contributed by atoms with Gasteiger partial charge < -0.3 is 20.1 Å². The van der Waals surface area contributed by atoms with Gasteiger partial charge in [0.1, 0.15) is 5.52 Å². The molecule has 8 nitrogen and oxygen atoms in total. The average Bonchev–Trinajstić information content (AvgIpc) is 3.21. The van der Waals surface area contributed by atoms with Gasteiger partial charge >= 0.3 is 0 Å². The summed E-state index contributed by atoms with van der Waals surface area (Å²) in [5.74, 6) is 1.42. The number of anilines is 1. The summed E-state index contributed by atoms with van der Waals surface area (Å²) in [7, 11) is 2.08. The zero-order chi connectivity index (χ0) is 19.5. The summed E-state index contributed by atoms with van der Waals surface area (Å²) in [4.78, 5) is 33.4. The van der Waals surface area contributed by atoms with Crippen molar-refractivity contribution in [3.63, 3.8) is 0 Å². The van der Waals surface area contributed by atoms with E-state index in [0.717, 1.165) is 56.0 Å². The molecule has 146 valence electrons. The van der Waals surface area contributed by atoms with Crippen LogP contribution in [-0.2, 0) is 0 Å². The van der Waals surface area contributed by atoms with E-state index in [2.05, 4.69) is 44.1 Å². The summed E-state index contributed by atoms with van der Waals surface area (Å²) in [6.07, 6.45) is 2.62. The highest BCUT2D eigenvalue weighted by atomic mass is 16.2. The first kappa shape index (κ1) is 18.4. The molecule has 28 heavy (non-hydrogen) atoms. The van der Waals surface area contributed by atoms with Crippen molar-refractivity contribution in [2.75, 3.05) is 45.1 Å². The Balaban J connectivity index is 1.57. The van der Waals surface area contributed by atoms with E-state index in [1.54, 1.807) is 6.33 Å². The monoisotopic (exact) mass is 379 g/mol. The van der Waals surface area contributed by atoms with Gasteiger partial charge in [-0.2, -0.15) is 0 Å². The average molecular weight is 379 g/mol. The summed E-state index contributed by atoms with van der Waals surface area (Å²) >= 11 is 0. The molecule has 2 N–H and O–H groups in total. The number of nitrogens with zero attached hydrogens (tertiary/aromatic N) is 5. The van der Waals surface area contributed by atoms with Crippen LogP contribution in [0.5, 0.6) is 0 Å². The van der Waals surface area contributed by atoms with Crippen LogP contribution in [0.3, 0.4) is 0 Å². The fourth-order valence-corrected chi connectivity index (χ4v) is 3.29. The minimum atomic E-state index is 0.0774. The third kappa shape index (κ3) is 3.68. The minimum Gasteiger partial charge on any atom is -0.368 e. The molecule has 1 saturated heterocycles. The molecule has 0 atom stereocenters. The zero-order valence-corrected chi connectivity index (χ0v) is 16.3. The molecule has 3 heterocycles. The molecule has 1 aliphatic heterocycles. The third-order valence-corrected chi connectivity index (χ3v) is 5.01. The number of imidazole rings is 1. The van der Waals surface area contributed by atoms with Gasteiger partial charge in [-0.1, -0.05) is 19.1 Å². The van der Waals surface area contributed by atoms with Crippen LogP contribution in [0.2, 0.25) is 0 Å². The lowest BCUT2D eigenvalue weighted by Crippen LogP contribution is -2.47. The number of aromatic nitrogens is 4. The van der Waals surface area contributed by atoms with Crippen LogP contribution in [0.4, 0.5) is 5.82 Å². The second-order valence-corrected chi connectivity index (χ2v) is 7.10. The Morgan fingerprint density at radius 2 is 1.89 bits per heavy atom. The van der Waals surface area contributed by atoms with E-state index in [-0.39, 0.29) is 5.91 Å². The van der Waals surface area contributed by atoms with Crippen molar-refractivity contribution in [1.29, 1.82) is 0 Å². The maximum absolute atomic E-state index is 12.7. The van der Waals surface area contributed by atoms with Gasteiger partial charge in [0.05, 0.1) is 6.33 Å². The normalized spacial score (nSPS) is 15.1. The largest absolute Gasteiger partial charge is 0.368 e. The Kier molecular flexibility index (Phi) is 5.21. The minimum absolute atomic E-state index is 0.0774. The number of hydrogen-bond donors (Lipinski definition) is 2. The highest BCUT2D eigenvalue weighted by Crippen LogP contribution is 2.23. The van der Waals surface area contributed by atoms with Crippen molar-refractivity contribution in [3.8, 4) is 11.4 Å². The smallest absolute Gasteiger partial charge is 0.253 e. The van der Waals surface area contributed by atoms with Gasteiger partial charge in [-0.3, -0.25) is 4.79 Å². The number of piperazine rings is 1. The molecule has 1 aromatic carbocycles. The molecule has 4 rings (SSSR count). The quantitative estimate of drug-likeness (QED) is 0.707.